The molecule has 7 nitrogen and oxygen atoms in total. The van der Waals surface area contributed by atoms with Gasteiger partial charge in [-0.15, -0.1) is 24.0 Å². The maximum absolute atomic E-state index is 13.5. The third-order valence-electron chi connectivity index (χ3n) is 3.67. The molecule has 1 aromatic rings. The molecule has 1 atom stereocenters. The van der Waals surface area contributed by atoms with Crippen molar-refractivity contribution in [1.29, 1.82) is 0 Å². The van der Waals surface area contributed by atoms with E-state index in [1.807, 2.05) is 6.92 Å². The maximum atomic E-state index is 13.5. The van der Waals surface area contributed by atoms with E-state index in [0.717, 1.165) is 0 Å². The molecule has 27 heavy (non-hydrogen) atoms. The Hall–Kier alpha value is -1.43. The fraction of sp³-hybridized carbons (Fsp3) is 0.529. The van der Waals surface area contributed by atoms with Crippen LogP contribution in [0.4, 0.5) is 4.39 Å². The number of hydrogen-bond donors (Lipinski definition) is 3. The molecule has 0 fully saturated rings. The molecule has 3 N–H and O–H groups in total. The van der Waals surface area contributed by atoms with Gasteiger partial charge in [-0.25, -0.2) is 12.8 Å². The first-order chi connectivity index (χ1) is 12.1. The van der Waals surface area contributed by atoms with Crippen LogP contribution in [0.3, 0.4) is 0 Å². The fourth-order valence-corrected chi connectivity index (χ4v) is 2.87. The second-order valence-electron chi connectivity index (χ2n) is 6.18. The van der Waals surface area contributed by atoms with Gasteiger partial charge in [-0.2, -0.15) is 0 Å². The van der Waals surface area contributed by atoms with Gasteiger partial charge >= 0.3 is 0 Å². The van der Waals surface area contributed by atoms with Crippen LogP contribution in [0.5, 0.6) is 0 Å². The Morgan fingerprint density at radius 2 is 1.89 bits per heavy atom. The molecular formula is C17H28FIN4O3S. The largest absolute Gasteiger partial charge is 0.355 e. The van der Waals surface area contributed by atoms with Crippen LogP contribution >= 0.6 is 24.0 Å². The summed E-state index contributed by atoms with van der Waals surface area (Å²) in [7, 11) is -1.40. The van der Waals surface area contributed by atoms with Crippen molar-refractivity contribution < 1.29 is 17.6 Å². The first kappa shape index (κ1) is 25.6. The van der Waals surface area contributed by atoms with Crippen LogP contribution in [0.2, 0.25) is 0 Å². The number of benzene rings is 1. The van der Waals surface area contributed by atoms with Crippen molar-refractivity contribution in [2.75, 3.05) is 32.1 Å². The molecule has 0 radical (unpaired) electrons. The quantitative estimate of drug-likeness (QED) is 0.211. The average molecular weight is 514 g/mol. The van der Waals surface area contributed by atoms with Crippen LogP contribution in [0.15, 0.2) is 23.2 Å². The van der Waals surface area contributed by atoms with Gasteiger partial charge in [-0.1, -0.05) is 6.07 Å². The highest BCUT2D eigenvalue weighted by molar-refractivity contribution is 14.0. The highest BCUT2D eigenvalue weighted by Gasteiger charge is 2.10. The van der Waals surface area contributed by atoms with Crippen molar-refractivity contribution in [1.82, 2.24) is 16.0 Å². The predicted octanol–water partition coefficient (Wildman–Crippen LogP) is 1.47. The molecule has 1 rings (SSSR count). The monoisotopic (exact) mass is 514 g/mol. The van der Waals surface area contributed by atoms with Crippen molar-refractivity contribution >= 4 is 45.7 Å². The normalized spacial score (nSPS) is 12.7. The number of rotatable bonds is 8. The smallest absolute Gasteiger partial charge is 0.251 e. The van der Waals surface area contributed by atoms with Gasteiger partial charge in [-0.05, 0) is 38.0 Å². The minimum Gasteiger partial charge on any atom is -0.355 e. The van der Waals surface area contributed by atoms with Gasteiger partial charge in [0.1, 0.15) is 15.7 Å². The molecule has 0 aromatic heterocycles. The molecule has 1 amide bonds. The molecule has 1 unspecified atom stereocenters. The molecule has 0 saturated heterocycles. The number of nitrogens with one attached hydrogen (secondary N) is 3. The summed E-state index contributed by atoms with van der Waals surface area (Å²) < 4.78 is 35.9. The van der Waals surface area contributed by atoms with Gasteiger partial charge in [0, 0.05) is 38.0 Å². The third kappa shape index (κ3) is 10.5. The topological polar surface area (TPSA) is 99.7 Å². The molecule has 154 valence electrons. The van der Waals surface area contributed by atoms with E-state index in [4.69, 9.17) is 0 Å². The lowest BCUT2D eigenvalue weighted by molar-refractivity contribution is 0.0954. The number of aryl methyl sites for hydroxylation is 1. The van der Waals surface area contributed by atoms with Crippen LogP contribution in [0.1, 0.15) is 29.3 Å². The number of amides is 1. The van der Waals surface area contributed by atoms with E-state index < -0.39 is 15.7 Å². The molecular weight excluding hydrogens is 486 g/mol. The van der Waals surface area contributed by atoms with E-state index >= 15 is 0 Å². The summed E-state index contributed by atoms with van der Waals surface area (Å²) in [6.45, 7) is 4.24. The Morgan fingerprint density at radius 3 is 2.44 bits per heavy atom. The minimum absolute atomic E-state index is 0. The summed E-state index contributed by atoms with van der Waals surface area (Å²) in [5.41, 5.74) is 0.757. The zero-order chi connectivity index (χ0) is 19.7. The van der Waals surface area contributed by atoms with Crippen LogP contribution < -0.4 is 16.0 Å². The Balaban J connectivity index is 0.00000676. The van der Waals surface area contributed by atoms with Crippen molar-refractivity contribution in [2.24, 2.45) is 4.99 Å². The molecule has 0 aliphatic heterocycles. The molecule has 0 heterocycles. The third-order valence-corrected chi connectivity index (χ3v) is 4.64. The van der Waals surface area contributed by atoms with Crippen LogP contribution in [0.25, 0.3) is 0 Å². The van der Waals surface area contributed by atoms with Gasteiger partial charge in [-0.3, -0.25) is 9.79 Å². The second-order valence-corrected chi connectivity index (χ2v) is 8.44. The number of carbonyl (C=O) groups is 1. The molecule has 10 heteroatoms. The zero-order valence-electron chi connectivity index (χ0n) is 16.0. The van der Waals surface area contributed by atoms with Gasteiger partial charge < -0.3 is 16.0 Å². The van der Waals surface area contributed by atoms with E-state index in [1.165, 1.54) is 12.3 Å². The summed E-state index contributed by atoms with van der Waals surface area (Å²) >= 11 is 0. The number of nitrogens with zero attached hydrogens (tertiary/aromatic N) is 1. The summed E-state index contributed by atoms with van der Waals surface area (Å²) in [4.78, 5) is 16.0. The molecule has 0 aliphatic carbocycles. The first-order valence-corrected chi connectivity index (χ1v) is 10.4. The summed E-state index contributed by atoms with van der Waals surface area (Å²) in [5, 5.41) is 8.80. The number of guanidine groups is 1. The van der Waals surface area contributed by atoms with Crippen LogP contribution in [-0.4, -0.2) is 58.5 Å². The Labute approximate surface area is 177 Å². The van der Waals surface area contributed by atoms with Gasteiger partial charge in [0.15, 0.2) is 5.96 Å². The number of halogens is 2. The average Bonchev–Trinajstić information content (AvgIpc) is 2.57. The van der Waals surface area contributed by atoms with Crippen molar-refractivity contribution in [3.63, 3.8) is 0 Å². The summed E-state index contributed by atoms with van der Waals surface area (Å²) in [5.74, 6) is -0.151. The predicted molar refractivity (Wildman–Crippen MR) is 117 cm³/mol. The van der Waals surface area contributed by atoms with E-state index in [-0.39, 0.29) is 47.2 Å². The number of hydrogen-bond acceptors (Lipinski definition) is 4. The number of carbonyl (C=O) groups excluding carboxylic acids is 1. The highest BCUT2D eigenvalue weighted by atomic mass is 127. The van der Waals surface area contributed by atoms with E-state index in [1.54, 1.807) is 26.1 Å². The molecule has 1 aromatic carbocycles. The molecule has 0 bridgehead atoms. The Morgan fingerprint density at radius 1 is 1.26 bits per heavy atom. The standard InChI is InChI=1S/C17H27FN4O3S.HI/c1-12-5-6-14(11-15(12)18)16(23)20-8-9-21-17(19-3)22-13(2)7-10-26(4,24)25;/h5-6,11,13H,7-10H2,1-4H3,(H,20,23)(H2,19,21,22);1H. The number of sulfone groups is 1. The van der Waals surface area contributed by atoms with Gasteiger partial charge in [0.05, 0.1) is 5.75 Å². The lowest BCUT2D eigenvalue weighted by atomic mass is 10.1. The van der Waals surface area contributed by atoms with Crippen molar-refractivity contribution in [2.45, 2.75) is 26.3 Å². The molecule has 0 spiro atoms. The van der Waals surface area contributed by atoms with Gasteiger partial charge in [0.25, 0.3) is 5.91 Å². The minimum atomic E-state index is -3.00. The second kappa shape index (κ2) is 12.1. The van der Waals surface area contributed by atoms with Crippen molar-refractivity contribution in [3.05, 3.63) is 35.1 Å². The van der Waals surface area contributed by atoms with E-state index in [9.17, 15) is 17.6 Å². The zero-order valence-corrected chi connectivity index (χ0v) is 19.2. The number of aliphatic imine (C=N–C) groups is 1. The molecule has 0 aliphatic rings. The summed E-state index contributed by atoms with van der Waals surface area (Å²) in [6, 6.07) is 4.28. The Kier molecular flexibility index (Phi) is 11.5. The lowest BCUT2D eigenvalue weighted by Gasteiger charge is -2.17. The highest BCUT2D eigenvalue weighted by Crippen LogP contribution is 2.08. The maximum Gasteiger partial charge on any atom is 0.251 e. The van der Waals surface area contributed by atoms with E-state index in [2.05, 4.69) is 20.9 Å². The van der Waals surface area contributed by atoms with E-state index in [0.29, 0.717) is 31.0 Å². The fourth-order valence-electron chi connectivity index (χ4n) is 2.08. The van der Waals surface area contributed by atoms with Gasteiger partial charge in [0.2, 0.25) is 0 Å². The SMILES string of the molecule is CN=C(NCCNC(=O)c1ccc(C)c(F)c1)NC(C)CCS(C)(=O)=O.I. The lowest BCUT2D eigenvalue weighted by Crippen LogP contribution is -2.45. The summed E-state index contributed by atoms with van der Waals surface area (Å²) in [6.07, 6.45) is 1.67. The molecule has 0 saturated carbocycles. The van der Waals surface area contributed by atoms with Crippen molar-refractivity contribution in [3.8, 4) is 0 Å². The van der Waals surface area contributed by atoms with Crippen LogP contribution in [0, 0.1) is 12.7 Å². The Bertz CT molecular complexity index is 757. The first-order valence-electron chi connectivity index (χ1n) is 8.31. The van der Waals surface area contributed by atoms with Crippen LogP contribution in [-0.2, 0) is 9.84 Å².